The van der Waals surface area contributed by atoms with Crippen LogP contribution in [0.1, 0.15) is 18.4 Å². The number of hydrogen-bond donors (Lipinski definition) is 1. The topological polar surface area (TPSA) is 69.4 Å². The van der Waals surface area contributed by atoms with E-state index in [0.717, 1.165) is 17.6 Å². The Labute approximate surface area is 101 Å². The molecule has 0 amide bonds. The lowest BCUT2D eigenvalue weighted by Gasteiger charge is -2.07. The van der Waals surface area contributed by atoms with Crippen LogP contribution in [0.25, 0.3) is 5.57 Å². The van der Waals surface area contributed by atoms with Crippen molar-refractivity contribution in [2.45, 2.75) is 17.7 Å². The van der Waals surface area contributed by atoms with Gasteiger partial charge in [-0.05, 0) is 31.0 Å². The maximum atomic E-state index is 12.0. The number of fused-ring (bicyclic) bond motifs is 1. The summed E-state index contributed by atoms with van der Waals surface area (Å²) in [5.41, 5.74) is 7.02. The van der Waals surface area contributed by atoms with Gasteiger partial charge in [-0.15, -0.1) is 0 Å². The molecule has 2 rings (SSSR count). The van der Waals surface area contributed by atoms with Crippen molar-refractivity contribution in [1.82, 2.24) is 0 Å². The third kappa shape index (κ3) is 2.08. The first-order valence-electron chi connectivity index (χ1n) is 5.43. The third-order valence-corrected chi connectivity index (χ3v) is 4.36. The number of methoxy groups -OCH3 is 1. The third-order valence-electron chi connectivity index (χ3n) is 2.78. The molecule has 5 heteroatoms. The molecule has 1 aromatic rings. The Morgan fingerprint density at radius 1 is 1.35 bits per heavy atom. The Morgan fingerprint density at radius 2 is 2.12 bits per heavy atom. The lowest BCUT2D eigenvalue weighted by Crippen LogP contribution is -1.99. The molecule has 0 aliphatic carbocycles. The SMILES string of the molecule is COc1cccc2c1S(=O)(=O)C=C2CCCN. The molecule has 17 heavy (non-hydrogen) atoms. The second-order valence-corrected chi connectivity index (χ2v) is 5.65. The normalized spacial score (nSPS) is 16.5. The Morgan fingerprint density at radius 3 is 2.76 bits per heavy atom. The van der Waals surface area contributed by atoms with Gasteiger partial charge in [0.05, 0.1) is 7.11 Å². The van der Waals surface area contributed by atoms with Crippen molar-refractivity contribution in [2.24, 2.45) is 5.73 Å². The molecule has 0 unspecified atom stereocenters. The second-order valence-electron chi connectivity index (χ2n) is 3.92. The number of rotatable bonds is 4. The summed E-state index contributed by atoms with van der Waals surface area (Å²) in [6, 6.07) is 5.27. The molecule has 0 atom stereocenters. The number of ether oxygens (including phenoxy) is 1. The zero-order valence-corrected chi connectivity index (χ0v) is 10.5. The monoisotopic (exact) mass is 253 g/mol. The van der Waals surface area contributed by atoms with Gasteiger partial charge in [0.1, 0.15) is 10.6 Å². The highest BCUT2D eigenvalue weighted by atomic mass is 32.2. The van der Waals surface area contributed by atoms with Crippen LogP contribution in [0, 0.1) is 0 Å². The summed E-state index contributed by atoms with van der Waals surface area (Å²) in [6.07, 6.45) is 1.45. The van der Waals surface area contributed by atoms with Gasteiger partial charge in [-0.2, -0.15) is 0 Å². The van der Waals surface area contributed by atoms with E-state index in [1.807, 2.05) is 6.07 Å². The molecule has 1 aliphatic rings. The first-order chi connectivity index (χ1) is 8.10. The minimum absolute atomic E-state index is 0.287. The van der Waals surface area contributed by atoms with Gasteiger partial charge < -0.3 is 10.5 Å². The lowest BCUT2D eigenvalue weighted by molar-refractivity contribution is 0.403. The molecule has 0 saturated heterocycles. The van der Waals surface area contributed by atoms with Crippen LogP contribution in [0.4, 0.5) is 0 Å². The van der Waals surface area contributed by atoms with Crippen molar-refractivity contribution < 1.29 is 13.2 Å². The number of allylic oxidation sites excluding steroid dienone is 1. The van der Waals surface area contributed by atoms with Crippen LogP contribution in [0.15, 0.2) is 28.5 Å². The molecular formula is C12H15NO3S. The van der Waals surface area contributed by atoms with Crippen LogP contribution in [0.5, 0.6) is 5.75 Å². The summed E-state index contributed by atoms with van der Waals surface area (Å²) >= 11 is 0. The van der Waals surface area contributed by atoms with E-state index in [0.29, 0.717) is 18.7 Å². The molecule has 1 heterocycles. The van der Waals surface area contributed by atoms with Crippen molar-refractivity contribution >= 4 is 15.4 Å². The van der Waals surface area contributed by atoms with E-state index in [1.54, 1.807) is 12.1 Å². The van der Waals surface area contributed by atoms with Crippen molar-refractivity contribution in [3.8, 4) is 5.75 Å². The van der Waals surface area contributed by atoms with Crippen LogP contribution in [-0.2, 0) is 9.84 Å². The van der Waals surface area contributed by atoms with E-state index in [2.05, 4.69) is 0 Å². The van der Waals surface area contributed by atoms with Gasteiger partial charge in [-0.1, -0.05) is 12.1 Å². The molecule has 0 bridgehead atoms. The van der Waals surface area contributed by atoms with E-state index in [9.17, 15) is 8.42 Å². The molecule has 0 spiro atoms. The standard InChI is InChI=1S/C12H15NO3S/c1-16-11-6-2-5-10-9(4-3-7-13)8-17(14,15)12(10)11/h2,5-6,8H,3-4,7,13H2,1H3. The minimum atomic E-state index is -3.36. The Kier molecular flexibility index (Phi) is 3.22. The average Bonchev–Trinajstić information content (AvgIpc) is 2.58. The molecule has 4 nitrogen and oxygen atoms in total. The van der Waals surface area contributed by atoms with Gasteiger partial charge in [-0.25, -0.2) is 8.42 Å². The first-order valence-corrected chi connectivity index (χ1v) is 6.98. The van der Waals surface area contributed by atoms with Crippen LogP contribution >= 0.6 is 0 Å². The molecule has 2 N–H and O–H groups in total. The minimum Gasteiger partial charge on any atom is -0.495 e. The number of hydrogen-bond acceptors (Lipinski definition) is 4. The summed E-state index contributed by atoms with van der Waals surface area (Å²) in [7, 11) is -1.88. The largest absolute Gasteiger partial charge is 0.495 e. The summed E-state index contributed by atoms with van der Waals surface area (Å²) in [5.74, 6) is 0.404. The Bertz CT molecular complexity index is 561. The summed E-state index contributed by atoms with van der Waals surface area (Å²) in [5, 5.41) is 1.33. The van der Waals surface area contributed by atoms with E-state index in [4.69, 9.17) is 10.5 Å². The zero-order valence-electron chi connectivity index (χ0n) is 9.64. The molecule has 92 valence electrons. The van der Waals surface area contributed by atoms with E-state index >= 15 is 0 Å². The van der Waals surface area contributed by atoms with Crippen molar-refractivity contribution in [1.29, 1.82) is 0 Å². The molecule has 0 radical (unpaired) electrons. The highest BCUT2D eigenvalue weighted by Crippen LogP contribution is 2.40. The van der Waals surface area contributed by atoms with Crippen molar-refractivity contribution in [3.05, 3.63) is 29.2 Å². The van der Waals surface area contributed by atoms with Crippen molar-refractivity contribution in [3.63, 3.8) is 0 Å². The quantitative estimate of drug-likeness (QED) is 0.884. The molecule has 1 aliphatic heterocycles. The second kappa shape index (κ2) is 4.50. The van der Waals surface area contributed by atoms with E-state index in [1.165, 1.54) is 12.5 Å². The highest BCUT2D eigenvalue weighted by molar-refractivity contribution is 7.95. The van der Waals surface area contributed by atoms with Gasteiger partial charge in [-0.3, -0.25) is 0 Å². The summed E-state index contributed by atoms with van der Waals surface area (Å²) < 4.78 is 29.1. The fourth-order valence-electron chi connectivity index (χ4n) is 2.02. The van der Waals surface area contributed by atoms with E-state index < -0.39 is 9.84 Å². The average molecular weight is 253 g/mol. The van der Waals surface area contributed by atoms with Gasteiger partial charge in [0.2, 0.25) is 9.84 Å². The van der Waals surface area contributed by atoms with Gasteiger partial charge in [0.25, 0.3) is 0 Å². The molecular weight excluding hydrogens is 238 g/mol. The zero-order chi connectivity index (χ0) is 12.5. The van der Waals surface area contributed by atoms with Crippen LogP contribution in [-0.4, -0.2) is 22.1 Å². The van der Waals surface area contributed by atoms with Crippen LogP contribution in [0.3, 0.4) is 0 Å². The Balaban J connectivity index is 2.53. The Hall–Kier alpha value is -1.33. The maximum absolute atomic E-state index is 12.0. The van der Waals surface area contributed by atoms with Gasteiger partial charge in [0.15, 0.2) is 0 Å². The van der Waals surface area contributed by atoms with Crippen LogP contribution < -0.4 is 10.5 Å². The van der Waals surface area contributed by atoms with E-state index in [-0.39, 0.29) is 4.90 Å². The first kappa shape index (κ1) is 12.1. The molecule has 1 aromatic carbocycles. The maximum Gasteiger partial charge on any atom is 0.204 e. The molecule has 0 saturated carbocycles. The predicted molar refractivity (Wildman–Crippen MR) is 66.4 cm³/mol. The highest BCUT2D eigenvalue weighted by Gasteiger charge is 2.29. The molecule has 0 aromatic heterocycles. The predicted octanol–water partition coefficient (Wildman–Crippen LogP) is 1.56. The van der Waals surface area contributed by atoms with Crippen molar-refractivity contribution in [2.75, 3.05) is 13.7 Å². The summed E-state index contributed by atoms with van der Waals surface area (Å²) in [4.78, 5) is 0.287. The van der Waals surface area contributed by atoms with Crippen LogP contribution in [0.2, 0.25) is 0 Å². The fraction of sp³-hybridized carbons (Fsp3) is 0.333. The number of sulfone groups is 1. The molecule has 0 fully saturated rings. The summed E-state index contributed by atoms with van der Waals surface area (Å²) in [6.45, 7) is 0.552. The van der Waals surface area contributed by atoms with Gasteiger partial charge in [0, 0.05) is 11.0 Å². The fourth-order valence-corrected chi connectivity index (χ4v) is 3.69. The number of benzene rings is 1. The number of nitrogens with two attached hydrogens (primary N) is 1. The lowest BCUT2D eigenvalue weighted by atomic mass is 10.0. The smallest absolute Gasteiger partial charge is 0.204 e. The van der Waals surface area contributed by atoms with Gasteiger partial charge >= 0.3 is 0 Å².